The highest BCUT2D eigenvalue weighted by molar-refractivity contribution is 7.22. The Bertz CT molecular complexity index is 540. The van der Waals surface area contributed by atoms with Crippen molar-refractivity contribution in [3.8, 4) is 0 Å². The Kier molecular flexibility index (Phi) is 3.28. The number of thiazole rings is 1. The fourth-order valence-electron chi connectivity index (χ4n) is 2.38. The average molecular weight is 259 g/mol. The first-order valence-corrected chi connectivity index (χ1v) is 7.32. The topological polar surface area (TPSA) is 37.3 Å². The van der Waals surface area contributed by atoms with Gasteiger partial charge in [-0.05, 0) is 37.3 Å². The first kappa shape index (κ1) is 11.7. The molecule has 3 rings (SSSR count). The number of hydrazone groups is 1. The van der Waals surface area contributed by atoms with Crippen molar-refractivity contribution in [1.82, 2.24) is 4.98 Å². The summed E-state index contributed by atoms with van der Waals surface area (Å²) in [6.07, 6.45) is 4.99. The summed E-state index contributed by atoms with van der Waals surface area (Å²) in [5.41, 5.74) is 5.47. The van der Waals surface area contributed by atoms with Gasteiger partial charge in [0.25, 0.3) is 0 Å². The van der Waals surface area contributed by atoms with Crippen LogP contribution >= 0.6 is 11.3 Å². The molecular formula is C14H17N3S. The molecular weight excluding hydrogens is 242 g/mol. The number of aromatic nitrogens is 1. The van der Waals surface area contributed by atoms with Crippen LogP contribution in [-0.4, -0.2) is 10.7 Å². The molecule has 0 radical (unpaired) electrons. The lowest BCUT2D eigenvalue weighted by Gasteiger charge is -2.19. The zero-order chi connectivity index (χ0) is 12.4. The van der Waals surface area contributed by atoms with E-state index >= 15 is 0 Å². The van der Waals surface area contributed by atoms with Crippen LogP contribution in [-0.2, 0) is 0 Å². The van der Waals surface area contributed by atoms with E-state index in [1.54, 1.807) is 11.3 Å². The Morgan fingerprint density at radius 1 is 1.33 bits per heavy atom. The maximum atomic E-state index is 4.54. The van der Waals surface area contributed by atoms with Crippen molar-refractivity contribution < 1.29 is 0 Å². The first-order valence-electron chi connectivity index (χ1n) is 6.51. The summed E-state index contributed by atoms with van der Waals surface area (Å²) in [7, 11) is 0. The summed E-state index contributed by atoms with van der Waals surface area (Å²) in [6, 6.07) is 8.18. The van der Waals surface area contributed by atoms with E-state index in [4.69, 9.17) is 0 Å². The Hall–Kier alpha value is -1.42. The third kappa shape index (κ3) is 2.38. The molecule has 4 heteroatoms. The maximum absolute atomic E-state index is 4.54. The number of para-hydroxylation sites is 1. The van der Waals surface area contributed by atoms with Crippen LogP contribution < -0.4 is 5.43 Å². The lowest BCUT2D eigenvalue weighted by atomic mass is 9.89. The molecule has 1 aliphatic rings. The van der Waals surface area contributed by atoms with E-state index < -0.39 is 0 Å². The number of rotatable bonds is 2. The minimum Gasteiger partial charge on any atom is -0.253 e. The summed E-state index contributed by atoms with van der Waals surface area (Å²) in [5, 5.41) is 5.43. The third-order valence-electron chi connectivity index (χ3n) is 3.48. The molecule has 1 atom stereocenters. The molecule has 0 spiro atoms. The van der Waals surface area contributed by atoms with Gasteiger partial charge in [0, 0.05) is 5.71 Å². The lowest BCUT2D eigenvalue weighted by molar-refractivity contribution is 0.558. The highest BCUT2D eigenvalue weighted by Crippen LogP contribution is 2.26. The first-order chi connectivity index (χ1) is 8.83. The number of hydrogen-bond donors (Lipinski definition) is 1. The number of hydrogen-bond acceptors (Lipinski definition) is 4. The van der Waals surface area contributed by atoms with E-state index in [-0.39, 0.29) is 0 Å². The smallest absolute Gasteiger partial charge is 0.204 e. The summed E-state index contributed by atoms with van der Waals surface area (Å²) in [4.78, 5) is 4.52. The Balaban J connectivity index is 1.77. The minimum absolute atomic E-state index is 0.612. The number of anilines is 1. The van der Waals surface area contributed by atoms with Crippen LogP contribution in [0.4, 0.5) is 5.13 Å². The number of benzene rings is 1. The lowest BCUT2D eigenvalue weighted by Crippen LogP contribution is -2.17. The van der Waals surface area contributed by atoms with Crippen molar-refractivity contribution in [2.45, 2.75) is 32.6 Å². The Morgan fingerprint density at radius 3 is 3.06 bits per heavy atom. The van der Waals surface area contributed by atoms with E-state index in [2.05, 4.69) is 28.5 Å². The fraction of sp³-hybridized carbons (Fsp3) is 0.429. The molecule has 1 aliphatic carbocycles. The molecule has 1 fully saturated rings. The zero-order valence-electron chi connectivity index (χ0n) is 10.5. The number of nitrogens with zero attached hydrogens (tertiary/aromatic N) is 2. The molecule has 0 unspecified atom stereocenters. The summed E-state index contributed by atoms with van der Waals surface area (Å²) >= 11 is 1.66. The van der Waals surface area contributed by atoms with Crippen LogP contribution in [0.3, 0.4) is 0 Å². The molecule has 1 aromatic carbocycles. The van der Waals surface area contributed by atoms with Crippen LogP contribution in [0.2, 0.25) is 0 Å². The molecule has 1 heterocycles. The van der Waals surface area contributed by atoms with E-state index in [9.17, 15) is 0 Å². The second-order valence-corrected chi connectivity index (χ2v) is 5.88. The van der Waals surface area contributed by atoms with Gasteiger partial charge < -0.3 is 0 Å². The van der Waals surface area contributed by atoms with Crippen molar-refractivity contribution in [2.24, 2.45) is 11.0 Å². The van der Waals surface area contributed by atoms with Crippen molar-refractivity contribution in [2.75, 3.05) is 5.43 Å². The quantitative estimate of drug-likeness (QED) is 0.818. The van der Waals surface area contributed by atoms with Crippen LogP contribution in [0.25, 0.3) is 10.2 Å². The van der Waals surface area contributed by atoms with Crippen LogP contribution in [0, 0.1) is 5.92 Å². The van der Waals surface area contributed by atoms with Crippen LogP contribution in [0.15, 0.2) is 29.4 Å². The van der Waals surface area contributed by atoms with Gasteiger partial charge in [0.1, 0.15) is 0 Å². The molecule has 0 aliphatic heterocycles. The third-order valence-corrected chi connectivity index (χ3v) is 4.42. The largest absolute Gasteiger partial charge is 0.253 e. The Labute approximate surface area is 111 Å². The molecule has 2 aromatic rings. The van der Waals surface area contributed by atoms with Gasteiger partial charge in [-0.2, -0.15) is 5.10 Å². The molecule has 1 aromatic heterocycles. The molecule has 94 valence electrons. The highest BCUT2D eigenvalue weighted by atomic mass is 32.1. The molecule has 1 N–H and O–H groups in total. The second kappa shape index (κ2) is 5.06. The zero-order valence-corrected chi connectivity index (χ0v) is 11.3. The van der Waals surface area contributed by atoms with E-state index in [1.165, 1.54) is 29.7 Å². The monoisotopic (exact) mass is 259 g/mol. The second-order valence-electron chi connectivity index (χ2n) is 4.85. The van der Waals surface area contributed by atoms with E-state index in [0.29, 0.717) is 5.92 Å². The van der Waals surface area contributed by atoms with Crippen LogP contribution in [0.5, 0.6) is 0 Å². The van der Waals surface area contributed by atoms with Crippen molar-refractivity contribution in [3.63, 3.8) is 0 Å². The summed E-state index contributed by atoms with van der Waals surface area (Å²) < 4.78 is 1.21. The van der Waals surface area contributed by atoms with Crippen molar-refractivity contribution in [3.05, 3.63) is 24.3 Å². The normalized spacial score (nSPS) is 22.5. The molecule has 0 amide bonds. The van der Waals surface area contributed by atoms with Gasteiger partial charge in [-0.25, -0.2) is 4.98 Å². The average Bonchev–Trinajstić information content (AvgIpc) is 2.80. The molecule has 3 nitrogen and oxygen atoms in total. The van der Waals surface area contributed by atoms with Gasteiger partial charge in [-0.3, -0.25) is 5.43 Å². The standard InChI is InChI=1S/C14H17N3S/c1-10-6-2-3-7-11(10)16-17-14-15-12-8-4-5-9-13(12)18-14/h4-5,8-10H,2-3,6-7H2,1H3,(H,15,17)/t10-/m0/s1. The van der Waals surface area contributed by atoms with Crippen molar-refractivity contribution in [1.29, 1.82) is 0 Å². The molecule has 18 heavy (non-hydrogen) atoms. The number of nitrogens with one attached hydrogen (secondary N) is 1. The highest BCUT2D eigenvalue weighted by Gasteiger charge is 2.15. The van der Waals surface area contributed by atoms with Gasteiger partial charge in [0.05, 0.1) is 10.2 Å². The predicted octanol–water partition coefficient (Wildman–Crippen LogP) is 4.27. The predicted molar refractivity (Wildman–Crippen MR) is 78.3 cm³/mol. The van der Waals surface area contributed by atoms with Crippen molar-refractivity contribution >= 4 is 32.4 Å². The van der Waals surface area contributed by atoms with E-state index in [0.717, 1.165) is 17.1 Å². The summed E-state index contributed by atoms with van der Waals surface area (Å²) in [5.74, 6) is 0.612. The van der Waals surface area contributed by atoms with Gasteiger partial charge in [-0.15, -0.1) is 0 Å². The molecule has 0 saturated heterocycles. The van der Waals surface area contributed by atoms with Gasteiger partial charge in [0.15, 0.2) is 0 Å². The van der Waals surface area contributed by atoms with Crippen LogP contribution in [0.1, 0.15) is 32.6 Å². The van der Waals surface area contributed by atoms with Gasteiger partial charge in [0.2, 0.25) is 5.13 Å². The maximum Gasteiger partial charge on any atom is 0.204 e. The number of fused-ring (bicyclic) bond motifs is 1. The minimum atomic E-state index is 0.612. The van der Waals surface area contributed by atoms with E-state index in [1.807, 2.05) is 18.2 Å². The summed E-state index contributed by atoms with van der Waals surface area (Å²) in [6.45, 7) is 2.26. The SMILES string of the molecule is C[C@H]1CCCCC1=NNc1nc2ccccc2s1. The molecule has 1 saturated carbocycles. The Morgan fingerprint density at radius 2 is 2.22 bits per heavy atom. The fourth-order valence-corrected chi connectivity index (χ4v) is 3.18. The molecule has 0 bridgehead atoms. The van der Waals surface area contributed by atoms with Gasteiger partial charge in [-0.1, -0.05) is 36.8 Å². The van der Waals surface area contributed by atoms with Gasteiger partial charge >= 0.3 is 0 Å².